The summed E-state index contributed by atoms with van der Waals surface area (Å²) in [6.07, 6.45) is 1.90. The number of carboxylic acids is 1. The van der Waals surface area contributed by atoms with Crippen LogP contribution in [0.25, 0.3) is 0 Å². The van der Waals surface area contributed by atoms with E-state index in [-0.39, 0.29) is 12.0 Å². The number of rotatable bonds is 8. The first kappa shape index (κ1) is 17.2. The number of esters is 2. The molecule has 0 bridgehead atoms. The largest absolute Gasteiger partial charge is 0.478 e. The first-order valence-corrected chi connectivity index (χ1v) is 6.14. The monoisotopic (exact) mass is 272 g/mol. The summed E-state index contributed by atoms with van der Waals surface area (Å²) in [5.41, 5.74) is -0.122. The number of carboxylic acid groups (broad SMARTS) is 1. The van der Waals surface area contributed by atoms with Gasteiger partial charge in [-0.05, 0) is 20.3 Å². The molecule has 0 aliphatic carbocycles. The number of aliphatic carboxylic acids is 1. The maximum atomic E-state index is 11.3. The minimum absolute atomic E-state index is 0.0462. The molecule has 0 aromatic rings. The number of hydrogen-bond acceptors (Lipinski definition) is 5. The Hall–Kier alpha value is -1.85. The summed E-state index contributed by atoms with van der Waals surface area (Å²) >= 11 is 0. The zero-order chi connectivity index (χ0) is 14.8. The van der Waals surface area contributed by atoms with Gasteiger partial charge in [-0.3, -0.25) is 4.79 Å². The first-order valence-electron chi connectivity index (χ1n) is 6.14. The Kier molecular flexibility index (Phi) is 8.24. The molecule has 0 spiro atoms. The highest BCUT2D eigenvalue weighted by atomic mass is 16.6. The Morgan fingerprint density at radius 3 is 2.47 bits per heavy atom. The second kappa shape index (κ2) is 9.13. The van der Waals surface area contributed by atoms with E-state index in [1.807, 2.05) is 6.92 Å². The SMILES string of the molecule is CCCCOC(=O)CC(C)OC(=O)/C=C(/C)C(=O)O. The molecule has 19 heavy (non-hydrogen) atoms. The lowest BCUT2D eigenvalue weighted by Gasteiger charge is -2.11. The van der Waals surface area contributed by atoms with Crippen LogP contribution in [0, 0.1) is 0 Å². The van der Waals surface area contributed by atoms with Crippen molar-refractivity contribution in [3.63, 3.8) is 0 Å². The minimum Gasteiger partial charge on any atom is -0.478 e. The van der Waals surface area contributed by atoms with Crippen molar-refractivity contribution < 1.29 is 29.0 Å². The van der Waals surface area contributed by atoms with Crippen LogP contribution in [0.15, 0.2) is 11.6 Å². The summed E-state index contributed by atoms with van der Waals surface area (Å²) in [6.45, 7) is 5.17. The van der Waals surface area contributed by atoms with Gasteiger partial charge in [0.15, 0.2) is 0 Å². The van der Waals surface area contributed by atoms with Crippen molar-refractivity contribution in [1.29, 1.82) is 0 Å². The van der Waals surface area contributed by atoms with Crippen LogP contribution in [0.4, 0.5) is 0 Å². The molecule has 1 N–H and O–H groups in total. The fourth-order valence-electron chi connectivity index (χ4n) is 1.14. The molecule has 6 nitrogen and oxygen atoms in total. The van der Waals surface area contributed by atoms with Crippen molar-refractivity contribution in [1.82, 2.24) is 0 Å². The fourth-order valence-corrected chi connectivity index (χ4v) is 1.14. The van der Waals surface area contributed by atoms with E-state index < -0.39 is 24.0 Å². The van der Waals surface area contributed by atoms with Crippen molar-refractivity contribution in [2.45, 2.75) is 46.1 Å². The first-order chi connectivity index (χ1) is 8.86. The van der Waals surface area contributed by atoms with Gasteiger partial charge in [0.05, 0.1) is 13.0 Å². The lowest BCUT2D eigenvalue weighted by molar-refractivity contribution is -0.151. The molecule has 0 fully saturated rings. The van der Waals surface area contributed by atoms with E-state index in [4.69, 9.17) is 14.6 Å². The van der Waals surface area contributed by atoms with Crippen molar-refractivity contribution in [2.75, 3.05) is 6.61 Å². The van der Waals surface area contributed by atoms with E-state index in [0.717, 1.165) is 18.9 Å². The molecule has 1 atom stereocenters. The van der Waals surface area contributed by atoms with Gasteiger partial charge < -0.3 is 14.6 Å². The topological polar surface area (TPSA) is 89.9 Å². The molecule has 6 heteroatoms. The molecule has 1 unspecified atom stereocenters. The van der Waals surface area contributed by atoms with Crippen LogP contribution in [-0.2, 0) is 23.9 Å². The number of unbranched alkanes of at least 4 members (excludes halogenated alkanes) is 1. The second-order valence-corrected chi connectivity index (χ2v) is 4.16. The predicted octanol–water partition coefficient (Wildman–Crippen LogP) is 1.68. The van der Waals surface area contributed by atoms with Gasteiger partial charge in [-0.25, -0.2) is 9.59 Å². The van der Waals surface area contributed by atoms with Crippen LogP contribution in [-0.4, -0.2) is 35.7 Å². The third-order valence-corrected chi connectivity index (χ3v) is 2.20. The Balaban J connectivity index is 4.07. The zero-order valence-corrected chi connectivity index (χ0v) is 11.5. The Labute approximate surface area is 112 Å². The zero-order valence-electron chi connectivity index (χ0n) is 11.5. The molecule has 0 aliphatic rings. The van der Waals surface area contributed by atoms with E-state index in [9.17, 15) is 14.4 Å². The summed E-state index contributed by atoms with van der Waals surface area (Å²) < 4.78 is 9.78. The van der Waals surface area contributed by atoms with Crippen LogP contribution >= 0.6 is 0 Å². The van der Waals surface area contributed by atoms with Gasteiger partial charge in [-0.15, -0.1) is 0 Å². The molecule has 0 aromatic heterocycles. The van der Waals surface area contributed by atoms with E-state index in [0.29, 0.717) is 6.61 Å². The smallest absolute Gasteiger partial charge is 0.331 e. The summed E-state index contributed by atoms with van der Waals surface area (Å²) in [5.74, 6) is -2.41. The summed E-state index contributed by atoms with van der Waals surface area (Å²) in [4.78, 5) is 33.1. The van der Waals surface area contributed by atoms with Gasteiger partial charge in [-0.2, -0.15) is 0 Å². The quantitative estimate of drug-likeness (QED) is 0.411. The maximum Gasteiger partial charge on any atom is 0.331 e. The van der Waals surface area contributed by atoms with Crippen LogP contribution in [0.1, 0.15) is 40.0 Å². The van der Waals surface area contributed by atoms with Gasteiger partial charge in [0.1, 0.15) is 6.10 Å². The van der Waals surface area contributed by atoms with Gasteiger partial charge >= 0.3 is 17.9 Å². The van der Waals surface area contributed by atoms with Crippen molar-refractivity contribution in [2.24, 2.45) is 0 Å². The fraction of sp³-hybridized carbons (Fsp3) is 0.615. The lowest BCUT2D eigenvalue weighted by atomic mass is 10.2. The van der Waals surface area contributed by atoms with E-state index in [2.05, 4.69) is 0 Å². The van der Waals surface area contributed by atoms with Gasteiger partial charge in [0.25, 0.3) is 0 Å². The van der Waals surface area contributed by atoms with Crippen molar-refractivity contribution in [3.05, 3.63) is 11.6 Å². The molecular formula is C13H20O6. The molecule has 0 rings (SSSR count). The Morgan fingerprint density at radius 1 is 1.32 bits per heavy atom. The number of ether oxygens (including phenoxy) is 2. The molecule has 0 amide bonds. The highest BCUT2D eigenvalue weighted by molar-refractivity contribution is 5.94. The molecule has 0 saturated heterocycles. The second-order valence-electron chi connectivity index (χ2n) is 4.16. The minimum atomic E-state index is -1.19. The molecule has 0 aliphatic heterocycles. The van der Waals surface area contributed by atoms with E-state index in [1.165, 1.54) is 6.92 Å². The van der Waals surface area contributed by atoms with Crippen molar-refractivity contribution in [3.8, 4) is 0 Å². The molecule has 0 heterocycles. The summed E-state index contributed by atoms with van der Waals surface area (Å²) in [5, 5.41) is 8.58. The number of carbonyl (C=O) groups excluding carboxylic acids is 2. The van der Waals surface area contributed by atoms with Crippen LogP contribution < -0.4 is 0 Å². The molecule has 0 radical (unpaired) electrons. The Bertz CT molecular complexity index is 358. The average molecular weight is 272 g/mol. The average Bonchev–Trinajstić information content (AvgIpc) is 2.28. The normalized spacial score (nSPS) is 12.7. The third-order valence-electron chi connectivity index (χ3n) is 2.20. The Morgan fingerprint density at radius 2 is 1.95 bits per heavy atom. The molecule has 0 aromatic carbocycles. The molecule has 0 saturated carbocycles. The van der Waals surface area contributed by atoms with Gasteiger partial charge in [0.2, 0.25) is 0 Å². The van der Waals surface area contributed by atoms with Gasteiger partial charge in [0, 0.05) is 11.6 Å². The van der Waals surface area contributed by atoms with Gasteiger partial charge in [-0.1, -0.05) is 13.3 Å². The van der Waals surface area contributed by atoms with E-state index >= 15 is 0 Å². The lowest BCUT2D eigenvalue weighted by Crippen LogP contribution is -2.19. The van der Waals surface area contributed by atoms with Crippen molar-refractivity contribution >= 4 is 17.9 Å². The standard InChI is InChI=1S/C13H20O6/c1-4-5-6-18-11(14)8-10(3)19-12(15)7-9(2)13(16)17/h7,10H,4-6,8H2,1-3H3,(H,16,17)/b9-7-. The summed E-state index contributed by atoms with van der Waals surface area (Å²) in [7, 11) is 0. The number of carbonyl (C=O) groups is 3. The van der Waals surface area contributed by atoms with Crippen LogP contribution in [0.2, 0.25) is 0 Å². The maximum absolute atomic E-state index is 11.3. The van der Waals surface area contributed by atoms with Crippen LogP contribution in [0.3, 0.4) is 0 Å². The molecular weight excluding hydrogens is 252 g/mol. The highest BCUT2D eigenvalue weighted by Crippen LogP contribution is 2.03. The summed E-state index contributed by atoms with van der Waals surface area (Å²) in [6, 6.07) is 0. The third kappa shape index (κ3) is 8.82. The highest BCUT2D eigenvalue weighted by Gasteiger charge is 2.14. The number of hydrogen-bond donors (Lipinski definition) is 1. The predicted molar refractivity (Wildman–Crippen MR) is 67.4 cm³/mol. The molecule has 108 valence electrons. The van der Waals surface area contributed by atoms with Crippen LogP contribution in [0.5, 0.6) is 0 Å². The van der Waals surface area contributed by atoms with E-state index in [1.54, 1.807) is 6.92 Å².